The molecule has 2 aliphatic heterocycles. The van der Waals surface area contributed by atoms with E-state index in [0.29, 0.717) is 13.0 Å². The summed E-state index contributed by atoms with van der Waals surface area (Å²) in [6, 6.07) is 6.55. The molecule has 1 aliphatic carbocycles. The number of hydrogen-bond acceptors (Lipinski definition) is 6. The first-order valence-corrected chi connectivity index (χ1v) is 16.1. The molecule has 1 aromatic rings. The van der Waals surface area contributed by atoms with Crippen molar-refractivity contribution < 1.29 is 27.1 Å². The van der Waals surface area contributed by atoms with Crippen LogP contribution in [-0.4, -0.2) is 53.4 Å². The highest BCUT2D eigenvalue weighted by molar-refractivity contribution is 7.94. The maximum atomic E-state index is 13.7. The molecule has 8 heteroatoms. The summed E-state index contributed by atoms with van der Waals surface area (Å²) in [5.74, 6) is -0.981. The van der Waals surface area contributed by atoms with Crippen molar-refractivity contribution in [1.29, 1.82) is 0 Å². The smallest absolute Gasteiger partial charge is 0.335 e. The van der Waals surface area contributed by atoms with Gasteiger partial charge in [-0.3, -0.25) is 0 Å². The fourth-order valence-electron chi connectivity index (χ4n) is 4.45. The van der Waals surface area contributed by atoms with Gasteiger partial charge in [0.15, 0.2) is 8.32 Å². The van der Waals surface area contributed by atoms with Crippen LogP contribution in [0.25, 0.3) is 0 Å². The second-order valence-corrected chi connectivity index (χ2v) is 17.7. The van der Waals surface area contributed by atoms with Crippen LogP contribution in [0.15, 0.2) is 41.3 Å². The van der Waals surface area contributed by atoms with Crippen LogP contribution in [0.3, 0.4) is 0 Å². The molecule has 1 aromatic carbocycles. The predicted molar refractivity (Wildman–Crippen MR) is 131 cm³/mol. The van der Waals surface area contributed by atoms with E-state index in [1.807, 2.05) is 6.92 Å². The van der Waals surface area contributed by atoms with Gasteiger partial charge in [-0.2, -0.15) is 0 Å². The fraction of sp³-hybridized carbons (Fsp3) is 0.640. The Morgan fingerprint density at radius 1 is 1.12 bits per heavy atom. The van der Waals surface area contributed by atoms with Crippen molar-refractivity contribution in [3.63, 3.8) is 0 Å². The highest BCUT2D eigenvalue weighted by atomic mass is 32.2. The van der Waals surface area contributed by atoms with E-state index in [2.05, 4.69) is 33.9 Å². The summed E-state index contributed by atoms with van der Waals surface area (Å²) >= 11 is 0. The molecule has 4 atom stereocenters. The van der Waals surface area contributed by atoms with Gasteiger partial charge in [0.25, 0.3) is 0 Å². The number of aryl methyl sites for hydroxylation is 1. The Labute approximate surface area is 199 Å². The number of fused-ring (bicyclic) bond motifs is 2. The van der Waals surface area contributed by atoms with Crippen molar-refractivity contribution in [1.82, 2.24) is 0 Å². The maximum Gasteiger partial charge on any atom is 0.335 e. The Balaban J connectivity index is 1.77. The van der Waals surface area contributed by atoms with Crippen LogP contribution in [0.5, 0.6) is 0 Å². The first-order chi connectivity index (χ1) is 15.3. The number of benzene rings is 1. The van der Waals surface area contributed by atoms with Crippen molar-refractivity contribution >= 4 is 24.1 Å². The van der Waals surface area contributed by atoms with E-state index in [1.54, 1.807) is 30.3 Å². The number of unbranched alkanes of at least 4 members (excludes halogenated alkanes) is 1. The first-order valence-electron chi connectivity index (χ1n) is 11.7. The molecule has 0 radical (unpaired) electrons. The molecule has 0 unspecified atom stereocenters. The number of hydrogen-bond donors (Lipinski definition) is 0. The van der Waals surface area contributed by atoms with Crippen LogP contribution in [0.2, 0.25) is 18.1 Å². The first kappa shape index (κ1) is 26.1. The van der Waals surface area contributed by atoms with Gasteiger partial charge in [0.1, 0.15) is 6.10 Å². The monoisotopic (exact) mass is 494 g/mol. The lowest BCUT2D eigenvalue weighted by atomic mass is 9.75. The van der Waals surface area contributed by atoms with Crippen molar-refractivity contribution in [2.75, 3.05) is 13.7 Å². The van der Waals surface area contributed by atoms with Gasteiger partial charge in [0.05, 0.1) is 11.0 Å². The predicted octanol–water partition coefficient (Wildman–Crippen LogP) is 4.83. The van der Waals surface area contributed by atoms with E-state index in [4.69, 9.17) is 13.9 Å². The summed E-state index contributed by atoms with van der Waals surface area (Å²) in [7, 11) is -4.39. The number of carbonyl (C=O) groups excluding carboxylic acids is 1. The van der Waals surface area contributed by atoms with E-state index in [1.165, 1.54) is 13.2 Å². The number of esters is 1. The van der Waals surface area contributed by atoms with E-state index in [0.717, 1.165) is 18.4 Å². The topological polar surface area (TPSA) is 78.9 Å². The van der Waals surface area contributed by atoms with Gasteiger partial charge in [-0.1, -0.05) is 44.9 Å². The third-order valence-electron chi connectivity index (χ3n) is 7.56. The van der Waals surface area contributed by atoms with Gasteiger partial charge in [0, 0.05) is 19.6 Å². The lowest BCUT2D eigenvalue weighted by Gasteiger charge is -2.49. The zero-order chi connectivity index (χ0) is 24.7. The summed E-state index contributed by atoms with van der Waals surface area (Å²) in [6.45, 7) is 13.7. The Morgan fingerprint density at radius 2 is 1.76 bits per heavy atom. The minimum Gasteiger partial charge on any atom is -0.456 e. The SMILES string of the molecule is CO[C@H]1[C@@H](CCCCO[Si](C)(C)C(C)(C)C)[C@H]2C=C[C@]1(S(=O)(=O)c1ccc(C)cc1)C(=O)O2. The van der Waals surface area contributed by atoms with Crippen molar-refractivity contribution in [2.24, 2.45) is 5.92 Å². The molecule has 3 aliphatic rings. The van der Waals surface area contributed by atoms with Gasteiger partial charge in [-0.25, -0.2) is 13.2 Å². The molecule has 2 heterocycles. The molecule has 0 N–H and O–H groups in total. The molecule has 1 saturated heterocycles. The zero-order valence-corrected chi connectivity index (χ0v) is 22.7. The van der Waals surface area contributed by atoms with Crippen LogP contribution in [0.1, 0.15) is 45.6 Å². The summed E-state index contributed by atoms with van der Waals surface area (Å²) in [5, 5.41) is 0.159. The molecule has 4 rings (SSSR count). The third kappa shape index (κ3) is 4.59. The van der Waals surface area contributed by atoms with Gasteiger partial charge in [-0.05, 0) is 62.2 Å². The Bertz CT molecular complexity index is 993. The fourth-order valence-corrected chi connectivity index (χ4v) is 7.52. The highest BCUT2D eigenvalue weighted by Crippen LogP contribution is 2.47. The van der Waals surface area contributed by atoms with E-state index in [-0.39, 0.29) is 15.9 Å². The van der Waals surface area contributed by atoms with Crippen molar-refractivity contribution in [3.8, 4) is 0 Å². The van der Waals surface area contributed by atoms with Crippen LogP contribution < -0.4 is 0 Å². The van der Waals surface area contributed by atoms with E-state index >= 15 is 0 Å². The maximum absolute atomic E-state index is 13.7. The van der Waals surface area contributed by atoms with Crippen LogP contribution in [0.4, 0.5) is 0 Å². The second-order valence-electron chi connectivity index (χ2n) is 10.8. The standard InChI is InChI=1S/C25H38O6SSi/c1-18-11-13-19(14-12-18)32(27,28)25-16-15-21(31-23(25)26)20(22(25)29-5)10-8-9-17-30-33(6,7)24(2,3)4/h11-16,20-22H,8-10,17H2,1-7H3/t20-,21+,22-,25+/m0/s1. The van der Waals surface area contributed by atoms with Crippen molar-refractivity contribution in [2.45, 2.75) is 86.9 Å². The molecular formula is C25H38O6SSi. The molecule has 0 spiro atoms. The minimum absolute atomic E-state index is 0.0959. The van der Waals surface area contributed by atoms with Gasteiger partial charge in [0.2, 0.25) is 14.6 Å². The lowest BCUT2D eigenvalue weighted by molar-refractivity contribution is -0.173. The Morgan fingerprint density at radius 3 is 2.30 bits per heavy atom. The quantitative estimate of drug-likeness (QED) is 0.212. The number of carbonyl (C=O) groups is 1. The summed E-state index contributed by atoms with van der Waals surface area (Å²) in [4.78, 5) is 13.1. The van der Waals surface area contributed by atoms with Crippen LogP contribution in [0, 0.1) is 12.8 Å². The van der Waals surface area contributed by atoms with E-state index in [9.17, 15) is 13.2 Å². The zero-order valence-electron chi connectivity index (χ0n) is 20.9. The average molecular weight is 495 g/mol. The lowest BCUT2D eigenvalue weighted by Crippen LogP contribution is -2.67. The van der Waals surface area contributed by atoms with Crippen LogP contribution >= 0.6 is 0 Å². The Kier molecular flexibility index (Phi) is 7.35. The summed E-state index contributed by atoms with van der Waals surface area (Å²) < 4.78 is 43.2. The molecule has 6 nitrogen and oxygen atoms in total. The summed E-state index contributed by atoms with van der Waals surface area (Å²) in [5.41, 5.74) is 0.943. The van der Waals surface area contributed by atoms with Gasteiger partial charge >= 0.3 is 5.97 Å². The normalized spacial score (nSPS) is 27.6. The van der Waals surface area contributed by atoms with Gasteiger partial charge in [-0.15, -0.1) is 0 Å². The highest BCUT2D eigenvalue weighted by Gasteiger charge is 2.65. The molecular weight excluding hydrogens is 456 g/mol. The molecule has 33 heavy (non-hydrogen) atoms. The molecule has 0 amide bonds. The average Bonchev–Trinajstić information content (AvgIpc) is 2.73. The second kappa shape index (κ2) is 9.28. The molecule has 1 fully saturated rings. The van der Waals surface area contributed by atoms with Gasteiger partial charge < -0.3 is 13.9 Å². The number of sulfone groups is 1. The number of ether oxygens (including phenoxy) is 2. The molecule has 0 aromatic heterocycles. The molecule has 2 bridgehead atoms. The minimum atomic E-state index is -4.07. The summed E-state index contributed by atoms with van der Waals surface area (Å²) in [6.07, 6.45) is 4.32. The number of rotatable bonds is 9. The van der Waals surface area contributed by atoms with Crippen LogP contribution in [-0.2, 0) is 28.5 Å². The van der Waals surface area contributed by atoms with E-state index < -0.39 is 41.1 Å². The van der Waals surface area contributed by atoms with Crippen molar-refractivity contribution in [3.05, 3.63) is 42.0 Å². The largest absolute Gasteiger partial charge is 0.456 e. The number of methoxy groups -OCH3 is 1. The third-order valence-corrected chi connectivity index (χ3v) is 14.4. The molecule has 184 valence electrons. The molecule has 0 saturated carbocycles. The Hall–Kier alpha value is -1.48.